The van der Waals surface area contributed by atoms with Crippen molar-refractivity contribution in [3.8, 4) is 0 Å². The number of aliphatic hydroxyl groups is 1. The number of rotatable bonds is 5. The SMILES string of the molecule is CC(=O)N[C@@H]1[C@@H](OC(=O)C(C)(C)C)[C@H](OC(=O)C(C)(C)C)[C@@H](COC(=O)C(C)(C)C)O[C@H]1O. The van der Waals surface area contributed by atoms with Gasteiger partial charge in [0.15, 0.2) is 18.5 Å². The Kier molecular flexibility index (Phi) is 9.07. The molecule has 190 valence electrons. The number of hydrogen-bond acceptors (Lipinski definition) is 9. The molecular weight excluding hydrogens is 434 g/mol. The standard InChI is InChI=1S/C23H39NO9/c1-12(25)24-14-16(33-20(29)23(8,9)10)15(32-19(28)22(5,6)7)13(31-17(14)26)11-30-18(27)21(2,3)4/h13-17,26H,11H2,1-10H3,(H,24,25)/t13-,14-,15-,16-,17-/m1/s1. The van der Waals surface area contributed by atoms with Crippen molar-refractivity contribution in [1.29, 1.82) is 0 Å². The summed E-state index contributed by atoms with van der Waals surface area (Å²) < 4.78 is 22.3. The summed E-state index contributed by atoms with van der Waals surface area (Å²) in [6.45, 7) is 15.7. The Bertz CT molecular complexity index is 743. The van der Waals surface area contributed by atoms with Crippen molar-refractivity contribution in [2.24, 2.45) is 16.2 Å². The van der Waals surface area contributed by atoms with Crippen LogP contribution in [0, 0.1) is 16.2 Å². The second-order valence-corrected chi connectivity index (χ2v) is 11.4. The van der Waals surface area contributed by atoms with E-state index in [1.165, 1.54) is 6.92 Å². The second-order valence-electron chi connectivity index (χ2n) is 11.4. The third-order valence-corrected chi connectivity index (χ3v) is 4.74. The van der Waals surface area contributed by atoms with Gasteiger partial charge in [0, 0.05) is 6.92 Å². The van der Waals surface area contributed by atoms with Gasteiger partial charge in [-0.3, -0.25) is 19.2 Å². The van der Waals surface area contributed by atoms with Crippen molar-refractivity contribution in [2.45, 2.75) is 99.9 Å². The van der Waals surface area contributed by atoms with Crippen LogP contribution in [0.5, 0.6) is 0 Å². The summed E-state index contributed by atoms with van der Waals surface area (Å²) in [6.07, 6.45) is -5.33. The maximum absolute atomic E-state index is 12.7. The first-order valence-corrected chi connectivity index (χ1v) is 10.9. The molecule has 0 spiro atoms. The number of carbonyl (C=O) groups excluding carboxylic acids is 4. The fourth-order valence-corrected chi connectivity index (χ4v) is 2.70. The zero-order chi connectivity index (χ0) is 25.9. The van der Waals surface area contributed by atoms with Crippen LogP contribution < -0.4 is 5.32 Å². The maximum atomic E-state index is 12.7. The molecule has 0 aromatic rings. The highest BCUT2D eigenvalue weighted by molar-refractivity contribution is 5.77. The zero-order valence-electron chi connectivity index (χ0n) is 21.3. The van der Waals surface area contributed by atoms with Crippen molar-refractivity contribution in [3.05, 3.63) is 0 Å². The second kappa shape index (κ2) is 10.4. The number of hydrogen-bond donors (Lipinski definition) is 2. The molecule has 0 unspecified atom stereocenters. The summed E-state index contributed by atoms with van der Waals surface area (Å²) in [4.78, 5) is 49.5. The number of ether oxygens (including phenoxy) is 4. The van der Waals surface area contributed by atoms with Gasteiger partial charge in [0.25, 0.3) is 0 Å². The summed E-state index contributed by atoms with van der Waals surface area (Å²) in [7, 11) is 0. The van der Waals surface area contributed by atoms with Gasteiger partial charge in [0.1, 0.15) is 18.8 Å². The molecule has 0 bridgehead atoms. The molecule has 10 nitrogen and oxygen atoms in total. The smallest absolute Gasteiger partial charge is 0.311 e. The Hall–Kier alpha value is -2.20. The fraction of sp³-hybridized carbons (Fsp3) is 0.826. The van der Waals surface area contributed by atoms with Gasteiger partial charge < -0.3 is 29.4 Å². The minimum atomic E-state index is -1.62. The first-order valence-electron chi connectivity index (χ1n) is 10.9. The number of esters is 3. The van der Waals surface area contributed by atoms with E-state index in [-0.39, 0.29) is 6.61 Å². The van der Waals surface area contributed by atoms with E-state index in [2.05, 4.69) is 5.32 Å². The summed E-state index contributed by atoms with van der Waals surface area (Å²) in [5.74, 6) is -2.32. The minimum absolute atomic E-state index is 0.369. The zero-order valence-corrected chi connectivity index (χ0v) is 21.3. The van der Waals surface area contributed by atoms with Crippen LogP contribution in [0.15, 0.2) is 0 Å². The Morgan fingerprint density at radius 2 is 1.21 bits per heavy atom. The molecule has 0 aliphatic carbocycles. The van der Waals surface area contributed by atoms with E-state index >= 15 is 0 Å². The van der Waals surface area contributed by atoms with Gasteiger partial charge in [0.05, 0.1) is 16.2 Å². The van der Waals surface area contributed by atoms with Crippen LogP contribution in [-0.2, 0) is 38.1 Å². The number of aliphatic hydroxyl groups excluding tert-OH is 1. The van der Waals surface area contributed by atoms with E-state index in [0.29, 0.717) is 0 Å². The Morgan fingerprint density at radius 1 is 0.788 bits per heavy atom. The normalized spacial score (nSPS) is 26.2. The molecule has 1 heterocycles. The fourth-order valence-electron chi connectivity index (χ4n) is 2.70. The molecular formula is C23H39NO9. The summed E-state index contributed by atoms with van der Waals surface area (Å²) in [5.41, 5.74) is -2.64. The van der Waals surface area contributed by atoms with Crippen molar-refractivity contribution >= 4 is 23.8 Å². The number of nitrogens with one attached hydrogen (secondary N) is 1. The van der Waals surface area contributed by atoms with E-state index in [1.54, 1.807) is 62.3 Å². The molecule has 2 N–H and O–H groups in total. The van der Waals surface area contributed by atoms with Crippen LogP contribution in [0.1, 0.15) is 69.2 Å². The lowest BCUT2D eigenvalue weighted by Gasteiger charge is -2.44. The highest BCUT2D eigenvalue weighted by Crippen LogP contribution is 2.30. The van der Waals surface area contributed by atoms with Crippen LogP contribution in [-0.4, -0.2) is 66.2 Å². The predicted molar refractivity (Wildman–Crippen MR) is 118 cm³/mol. The molecule has 0 aromatic heterocycles. The highest BCUT2D eigenvalue weighted by Gasteiger charge is 2.52. The van der Waals surface area contributed by atoms with E-state index in [1.807, 2.05) is 0 Å². The van der Waals surface area contributed by atoms with Gasteiger partial charge in [0.2, 0.25) is 5.91 Å². The van der Waals surface area contributed by atoms with Crippen LogP contribution in [0.2, 0.25) is 0 Å². The van der Waals surface area contributed by atoms with Crippen LogP contribution in [0.25, 0.3) is 0 Å². The average molecular weight is 474 g/mol. The van der Waals surface area contributed by atoms with Gasteiger partial charge in [-0.15, -0.1) is 0 Å². The maximum Gasteiger partial charge on any atom is 0.311 e. The Labute approximate surface area is 195 Å². The third-order valence-electron chi connectivity index (χ3n) is 4.74. The minimum Gasteiger partial charge on any atom is -0.462 e. The van der Waals surface area contributed by atoms with Crippen LogP contribution in [0.4, 0.5) is 0 Å². The molecule has 0 radical (unpaired) electrons. The summed E-state index contributed by atoms with van der Waals surface area (Å²) in [6, 6.07) is -1.22. The Morgan fingerprint density at radius 3 is 1.61 bits per heavy atom. The summed E-state index contributed by atoms with van der Waals surface area (Å²) in [5, 5.41) is 13.1. The lowest BCUT2D eigenvalue weighted by molar-refractivity contribution is -0.269. The largest absolute Gasteiger partial charge is 0.462 e. The van der Waals surface area contributed by atoms with Gasteiger partial charge in [-0.25, -0.2) is 0 Å². The van der Waals surface area contributed by atoms with Crippen molar-refractivity contribution < 1.29 is 43.2 Å². The Balaban J connectivity index is 3.39. The first kappa shape index (κ1) is 28.8. The number of amides is 1. The average Bonchev–Trinajstić information content (AvgIpc) is 2.61. The molecule has 1 rings (SSSR count). The van der Waals surface area contributed by atoms with Crippen LogP contribution in [0.3, 0.4) is 0 Å². The lowest BCUT2D eigenvalue weighted by Crippen LogP contribution is -2.66. The van der Waals surface area contributed by atoms with Gasteiger partial charge in [-0.05, 0) is 62.3 Å². The van der Waals surface area contributed by atoms with E-state index < -0.39 is 70.7 Å². The van der Waals surface area contributed by atoms with Gasteiger partial charge >= 0.3 is 17.9 Å². The molecule has 0 aromatic carbocycles. The van der Waals surface area contributed by atoms with Crippen molar-refractivity contribution in [1.82, 2.24) is 5.32 Å². The molecule has 1 aliphatic rings. The molecule has 5 atom stereocenters. The predicted octanol–water partition coefficient (Wildman–Crippen LogP) is 1.71. The lowest BCUT2D eigenvalue weighted by atomic mass is 9.92. The molecule has 0 saturated carbocycles. The van der Waals surface area contributed by atoms with Crippen LogP contribution >= 0.6 is 0 Å². The monoisotopic (exact) mass is 473 g/mol. The highest BCUT2D eigenvalue weighted by atomic mass is 16.7. The third kappa shape index (κ3) is 8.26. The van der Waals surface area contributed by atoms with E-state index in [4.69, 9.17) is 18.9 Å². The molecule has 33 heavy (non-hydrogen) atoms. The van der Waals surface area contributed by atoms with Crippen molar-refractivity contribution in [3.63, 3.8) is 0 Å². The molecule has 1 saturated heterocycles. The molecule has 1 aliphatic heterocycles. The summed E-state index contributed by atoms with van der Waals surface area (Å²) >= 11 is 0. The molecule has 1 amide bonds. The van der Waals surface area contributed by atoms with E-state index in [9.17, 15) is 24.3 Å². The van der Waals surface area contributed by atoms with Gasteiger partial charge in [-0.2, -0.15) is 0 Å². The molecule has 10 heteroatoms. The first-order chi connectivity index (χ1) is 14.7. The number of carbonyl (C=O) groups is 4. The van der Waals surface area contributed by atoms with Crippen molar-refractivity contribution in [2.75, 3.05) is 6.61 Å². The molecule has 1 fully saturated rings. The van der Waals surface area contributed by atoms with E-state index in [0.717, 1.165) is 0 Å². The quantitative estimate of drug-likeness (QED) is 0.451. The van der Waals surface area contributed by atoms with Gasteiger partial charge in [-0.1, -0.05) is 0 Å². The topological polar surface area (TPSA) is 137 Å².